The fourth-order valence-corrected chi connectivity index (χ4v) is 1.35. The Kier molecular flexibility index (Phi) is 9.80. The minimum atomic E-state index is 0. The predicted molar refractivity (Wildman–Crippen MR) is 67.2 cm³/mol. The molecule has 0 aliphatic rings. The van der Waals surface area contributed by atoms with E-state index in [2.05, 4.69) is 30.8 Å². The topological polar surface area (TPSA) is 0 Å². The van der Waals surface area contributed by atoms with Gasteiger partial charge in [0.05, 0.1) is 0 Å². The van der Waals surface area contributed by atoms with Crippen LogP contribution in [0.1, 0.15) is 18.4 Å². The second-order valence-electron chi connectivity index (χ2n) is 3.44. The Bertz CT molecular complexity index is 299. The van der Waals surface area contributed by atoms with Crippen molar-refractivity contribution in [2.24, 2.45) is 0 Å². The van der Waals surface area contributed by atoms with Gasteiger partial charge in [-0.2, -0.15) is 35.9 Å². The Morgan fingerprint density at radius 3 is 2.12 bits per heavy atom. The zero-order chi connectivity index (χ0) is 10.8. The van der Waals surface area contributed by atoms with Crippen LogP contribution in [0, 0.1) is 0 Å². The number of hydrogen-bond acceptors (Lipinski definition) is 0. The van der Waals surface area contributed by atoms with Crippen LogP contribution in [0.5, 0.6) is 0 Å². The van der Waals surface area contributed by atoms with Gasteiger partial charge in [0.25, 0.3) is 0 Å². The van der Waals surface area contributed by atoms with Crippen molar-refractivity contribution in [1.82, 2.24) is 0 Å². The van der Waals surface area contributed by atoms with Crippen LogP contribution in [0.3, 0.4) is 0 Å². The summed E-state index contributed by atoms with van der Waals surface area (Å²) in [6.45, 7) is 3.68. The molecule has 0 saturated heterocycles. The van der Waals surface area contributed by atoms with Crippen LogP contribution in [0.25, 0.3) is 0 Å². The molecule has 0 nitrogen and oxygen atoms in total. The first kappa shape index (κ1) is 15.0. The van der Waals surface area contributed by atoms with Gasteiger partial charge in [0, 0.05) is 17.1 Å². The zero-order valence-corrected chi connectivity index (χ0v) is 10.6. The van der Waals surface area contributed by atoms with Crippen molar-refractivity contribution in [1.29, 1.82) is 0 Å². The number of allylic oxidation sites excluding steroid dienone is 1. The van der Waals surface area contributed by atoms with E-state index in [1.54, 1.807) is 0 Å². The van der Waals surface area contributed by atoms with Gasteiger partial charge in [0.1, 0.15) is 0 Å². The third-order valence-corrected chi connectivity index (χ3v) is 2.16. The molecule has 88 valence electrons. The summed E-state index contributed by atoms with van der Waals surface area (Å²) >= 11 is 0. The number of hydrogen-bond donors (Lipinski definition) is 0. The van der Waals surface area contributed by atoms with Crippen molar-refractivity contribution in [3.05, 3.63) is 72.8 Å². The Morgan fingerprint density at radius 2 is 1.69 bits per heavy atom. The van der Waals surface area contributed by atoms with Gasteiger partial charge >= 0.3 is 0 Å². The number of rotatable bonds is 4. The van der Waals surface area contributed by atoms with Gasteiger partial charge in [-0.3, -0.25) is 0 Å². The quantitative estimate of drug-likeness (QED) is 0.330. The maximum Gasteiger partial charge on any atom is 0 e. The first-order valence-corrected chi connectivity index (χ1v) is 5.41. The summed E-state index contributed by atoms with van der Waals surface area (Å²) in [5.74, 6) is 0. The molecule has 1 heteroatoms. The first-order valence-electron chi connectivity index (χ1n) is 5.41. The van der Waals surface area contributed by atoms with Crippen molar-refractivity contribution in [2.75, 3.05) is 0 Å². The van der Waals surface area contributed by atoms with Crippen LogP contribution in [-0.2, 0) is 23.5 Å². The molecule has 0 bridgehead atoms. The molecule has 0 fully saturated rings. The molecule has 2 rings (SSSR count). The fraction of sp³-hybridized carbons (Fsp3) is 0.200. The van der Waals surface area contributed by atoms with Crippen LogP contribution >= 0.6 is 0 Å². The molecule has 2 aromatic carbocycles. The summed E-state index contributed by atoms with van der Waals surface area (Å²) in [4.78, 5) is 0. The molecule has 0 aliphatic heterocycles. The van der Waals surface area contributed by atoms with Gasteiger partial charge in [-0.15, -0.1) is 6.58 Å². The molecule has 2 aromatic rings. The fourth-order valence-electron chi connectivity index (χ4n) is 1.35. The molecule has 0 aromatic heterocycles. The van der Waals surface area contributed by atoms with E-state index in [1.165, 1.54) is 18.4 Å². The first-order chi connectivity index (χ1) is 7.43. The van der Waals surface area contributed by atoms with Gasteiger partial charge in [0.2, 0.25) is 0 Å². The average Bonchev–Trinajstić information content (AvgIpc) is 2.94. The van der Waals surface area contributed by atoms with Gasteiger partial charge in [0.15, 0.2) is 0 Å². The third kappa shape index (κ3) is 7.28. The van der Waals surface area contributed by atoms with Gasteiger partial charge < -0.3 is 0 Å². The summed E-state index contributed by atoms with van der Waals surface area (Å²) in [7, 11) is 0. The molecule has 0 heterocycles. The third-order valence-electron chi connectivity index (χ3n) is 2.16. The molecule has 0 spiro atoms. The van der Waals surface area contributed by atoms with Gasteiger partial charge in [-0.1, -0.05) is 18.9 Å². The Hall–Kier alpha value is -1.04. The molecular formula is C15H18Fe-2. The Labute approximate surface area is 109 Å². The average molecular weight is 254 g/mol. The maximum atomic E-state index is 3.68. The van der Waals surface area contributed by atoms with E-state index < -0.39 is 0 Å². The Morgan fingerprint density at radius 1 is 1.06 bits per heavy atom. The van der Waals surface area contributed by atoms with E-state index in [9.17, 15) is 0 Å². The van der Waals surface area contributed by atoms with E-state index in [0.29, 0.717) is 0 Å². The molecule has 0 aliphatic carbocycles. The summed E-state index contributed by atoms with van der Waals surface area (Å²) in [6.07, 6.45) is 5.53. The molecular weight excluding hydrogens is 236 g/mol. The smallest absolute Gasteiger partial charge is 0 e. The molecule has 0 unspecified atom stereocenters. The minimum absolute atomic E-state index is 0. The van der Waals surface area contributed by atoms with Crippen LogP contribution < -0.4 is 0 Å². The largest absolute Gasteiger partial charge is 0.214 e. The Balaban J connectivity index is 0.000000318. The van der Waals surface area contributed by atoms with Crippen LogP contribution in [0.15, 0.2) is 67.3 Å². The summed E-state index contributed by atoms with van der Waals surface area (Å²) < 4.78 is 0. The maximum absolute atomic E-state index is 3.68. The SMILES string of the molecule is C=CCCC[c-]1cccc1.[Fe].c1cc[cH-]c1. The van der Waals surface area contributed by atoms with Crippen LogP contribution in [-0.4, -0.2) is 0 Å². The minimum Gasteiger partial charge on any atom is -0.214 e. The summed E-state index contributed by atoms with van der Waals surface area (Å²) in [5.41, 5.74) is 1.45. The molecule has 16 heavy (non-hydrogen) atoms. The van der Waals surface area contributed by atoms with Gasteiger partial charge in [-0.25, -0.2) is 24.3 Å². The molecule has 0 radical (unpaired) electrons. The van der Waals surface area contributed by atoms with E-state index in [0.717, 1.165) is 6.42 Å². The van der Waals surface area contributed by atoms with Gasteiger partial charge in [-0.05, 0) is 6.42 Å². The summed E-state index contributed by atoms with van der Waals surface area (Å²) in [6, 6.07) is 18.5. The van der Waals surface area contributed by atoms with Crippen LogP contribution in [0.2, 0.25) is 0 Å². The molecule has 0 amide bonds. The number of aryl methyl sites for hydroxylation is 1. The number of unbranched alkanes of at least 4 members (excludes halogenated alkanes) is 1. The summed E-state index contributed by atoms with van der Waals surface area (Å²) in [5, 5.41) is 0. The second-order valence-corrected chi connectivity index (χ2v) is 3.44. The molecule has 0 atom stereocenters. The van der Waals surface area contributed by atoms with Crippen molar-refractivity contribution < 1.29 is 17.1 Å². The molecule has 0 N–H and O–H groups in total. The normalized spacial score (nSPS) is 8.50. The van der Waals surface area contributed by atoms with Crippen molar-refractivity contribution in [2.45, 2.75) is 19.3 Å². The van der Waals surface area contributed by atoms with E-state index >= 15 is 0 Å². The second kappa shape index (κ2) is 10.5. The van der Waals surface area contributed by atoms with Crippen LogP contribution in [0.4, 0.5) is 0 Å². The van der Waals surface area contributed by atoms with E-state index in [4.69, 9.17) is 0 Å². The van der Waals surface area contributed by atoms with Crippen molar-refractivity contribution in [3.63, 3.8) is 0 Å². The monoisotopic (exact) mass is 254 g/mol. The molecule has 0 saturated carbocycles. The standard InChI is InChI=1S/C10H13.C5H5.Fe/c1-2-3-4-7-10-8-5-6-9-10;1-2-4-5-3-1;/h2,5-6,8-9H,1,3-4,7H2;1-5H;/q2*-1;. The van der Waals surface area contributed by atoms with E-state index in [1.807, 2.05) is 36.4 Å². The van der Waals surface area contributed by atoms with E-state index in [-0.39, 0.29) is 17.1 Å². The van der Waals surface area contributed by atoms with Crippen molar-refractivity contribution >= 4 is 0 Å². The van der Waals surface area contributed by atoms with Crippen molar-refractivity contribution in [3.8, 4) is 0 Å². The predicted octanol–water partition coefficient (Wildman–Crippen LogP) is 4.32. The zero-order valence-electron chi connectivity index (χ0n) is 9.46.